The van der Waals surface area contributed by atoms with Crippen molar-refractivity contribution in [2.75, 3.05) is 13.2 Å². The number of nitrogens with zero attached hydrogens (tertiary/aromatic N) is 2. The number of esters is 1. The highest BCUT2D eigenvalue weighted by Crippen LogP contribution is 2.29. The van der Waals surface area contributed by atoms with Gasteiger partial charge in [-0.3, -0.25) is 9.59 Å². The van der Waals surface area contributed by atoms with Gasteiger partial charge >= 0.3 is 5.97 Å². The van der Waals surface area contributed by atoms with Gasteiger partial charge in [0.25, 0.3) is 5.91 Å². The molecule has 150 valence electrons. The van der Waals surface area contributed by atoms with Gasteiger partial charge < -0.3 is 14.2 Å². The van der Waals surface area contributed by atoms with Crippen molar-refractivity contribution in [3.63, 3.8) is 0 Å². The van der Waals surface area contributed by atoms with Crippen molar-refractivity contribution >= 4 is 11.9 Å². The molecule has 5 heteroatoms. The first kappa shape index (κ1) is 20.2. The first-order valence-electron chi connectivity index (χ1n) is 10.3. The molecule has 1 heterocycles. The van der Waals surface area contributed by atoms with Crippen LogP contribution in [0, 0.1) is 5.92 Å². The van der Waals surface area contributed by atoms with Crippen molar-refractivity contribution in [3.05, 3.63) is 54.4 Å². The molecule has 2 unspecified atom stereocenters. The van der Waals surface area contributed by atoms with Crippen molar-refractivity contribution in [1.82, 2.24) is 9.47 Å². The van der Waals surface area contributed by atoms with Crippen LogP contribution in [0.25, 0.3) is 5.69 Å². The summed E-state index contributed by atoms with van der Waals surface area (Å²) >= 11 is 0. The molecule has 1 aromatic carbocycles. The predicted molar refractivity (Wildman–Crippen MR) is 109 cm³/mol. The molecular weight excluding hydrogens is 352 g/mol. The van der Waals surface area contributed by atoms with E-state index in [0.717, 1.165) is 24.9 Å². The number of ether oxygens (including phenoxy) is 1. The second-order valence-electron chi connectivity index (χ2n) is 7.52. The Morgan fingerprint density at radius 2 is 1.79 bits per heavy atom. The zero-order valence-electron chi connectivity index (χ0n) is 16.8. The molecule has 1 aromatic heterocycles. The molecule has 3 rings (SSSR count). The Morgan fingerprint density at radius 1 is 1.11 bits per heavy atom. The molecule has 0 radical (unpaired) electrons. The maximum atomic E-state index is 13.3. The number of amides is 1. The highest BCUT2D eigenvalue weighted by Gasteiger charge is 2.31. The molecule has 0 bridgehead atoms. The summed E-state index contributed by atoms with van der Waals surface area (Å²) in [7, 11) is 0. The van der Waals surface area contributed by atoms with Crippen LogP contribution in [0.3, 0.4) is 0 Å². The van der Waals surface area contributed by atoms with E-state index in [4.69, 9.17) is 4.74 Å². The van der Waals surface area contributed by atoms with Gasteiger partial charge in [-0.2, -0.15) is 0 Å². The summed E-state index contributed by atoms with van der Waals surface area (Å²) in [5.41, 5.74) is 1.68. The van der Waals surface area contributed by atoms with Gasteiger partial charge in [-0.15, -0.1) is 0 Å². The summed E-state index contributed by atoms with van der Waals surface area (Å²) in [6.45, 7) is 4.79. The number of carbonyl (C=O) groups excluding carboxylic acids is 2. The maximum absolute atomic E-state index is 13.3. The van der Waals surface area contributed by atoms with Crippen LogP contribution in [0.5, 0.6) is 0 Å². The third-order valence-corrected chi connectivity index (χ3v) is 5.61. The van der Waals surface area contributed by atoms with E-state index in [1.807, 2.05) is 58.3 Å². The summed E-state index contributed by atoms with van der Waals surface area (Å²) in [6.07, 6.45) is 8.66. The average Bonchev–Trinajstić information content (AvgIpc) is 3.24. The van der Waals surface area contributed by atoms with Crippen molar-refractivity contribution in [2.24, 2.45) is 5.92 Å². The van der Waals surface area contributed by atoms with Gasteiger partial charge in [0.15, 0.2) is 0 Å². The standard InChI is InChI=1S/C23H30N2O3/c1-3-28-22(26)14-17-25(21-9-5-4-8-18(21)2)23(27)19-10-12-20(13-11-19)24-15-6-7-16-24/h6-7,10-13,15-16,18,21H,3-5,8-9,14,17H2,1-2H3. The largest absolute Gasteiger partial charge is 0.466 e. The second-order valence-corrected chi connectivity index (χ2v) is 7.52. The van der Waals surface area contributed by atoms with Gasteiger partial charge in [0.1, 0.15) is 0 Å². The molecule has 1 amide bonds. The molecular formula is C23H30N2O3. The van der Waals surface area contributed by atoms with E-state index in [2.05, 4.69) is 6.92 Å². The van der Waals surface area contributed by atoms with E-state index in [0.29, 0.717) is 24.6 Å². The number of hydrogen-bond acceptors (Lipinski definition) is 3. The molecule has 5 nitrogen and oxygen atoms in total. The van der Waals surface area contributed by atoms with Crippen LogP contribution in [0.4, 0.5) is 0 Å². The average molecular weight is 383 g/mol. The molecule has 1 saturated carbocycles. The lowest BCUT2D eigenvalue weighted by atomic mass is 9.84. The Hall–Kier alpha value is -2.56. The third-order valence-electron chi connectivity index (χ3n) is 5.61. The van der Waals surface area contributed by atoms with Crippen LogP contribution in [0.1, 0.15) is 56.3 Å². The topological polar surface area (TPSA) is 51.5 Å². The molecule has 2 atom stereocenters. The monoisotopic (exact) mass is 382 g/mol. The smallest absolute Gasteiger partial charge is 0.307 e. The summed E-state index contributed by atoms with van der Waals surface area (Å²) < 4.78 is 7.08. The summed E-state index contributed by atoms with van der Waals surface area (Å²) in [6, 6.07) is 11.8. The minimum absolute atomic E-state index is 0.00195. The zero-order chi connectivity index (χ0) is 19.9. The van der Waals surface area contributed by atoms with Crippen molar-refractivity contribution in [2.45, 2.75) is 52.0 Å². The van der Waals surface area contributed by atoms with Crippen LogP contribution in [-0.4, -0.2) is 40.5 Å². The lowest BCUT2D eigenvalue weighted by Crippen LogP contribution is -2.46. The molecule has 2 aromatic rings. The highest BCUT2D eigenvalue weighted by molar-refractivity contribution is 5.94. The fourth-order valence-electron chi connectivity index (χ4n) is 4.07. The minimum Gasteiger partial charge on any atom is -0.466 e. The zero-order valence-corrected chi connectivity index (χ0v) is 16.8. The summed E-state index contributed by atoms with van der Waals surface area (Å²) in [5.74, 6) is 0.202. The van der Waals surface area contributed by atoms with E-state index in [9.17, 15) is 9.59 Å². The molecule has 0 spiro atoms. The number of aromatic nitrogens is 1. The summed E-state index contributed by atoms with van der Waals surface area (Å²) in [4.78, 5) is 27.1. The highest BCUT2D eigenvalue weighted by atomic mass is 16.5. The minimum atomic E-state index is -0.244. The molecule has 0 N–H and O–H groups in total. The Labute approximate surface area is 167 Å². The lowest BCUT2D eigenvalue weighted by molar-refractivity contribution is -0.143. The fourth-order valence-corrected chi connectivity index (χ4v) is 4.07. The SMILES string of the molecule is CCOC(=O)CCN(C(=O)c1ccc(-n2cccc2)cc1)C1CCCCC1C. The Bertz CT molecular complexity index is 768. The Kier molecular flexibility index (Phi) is 6.90. The van der Waals surface area contributed by atoms with Crippen LogP contribution >= 0.6 is 0 Å². The molecule has 0 aliphatic heterocycles. The number of benzene rings is 1. The molecule has 1 fully saturated rings. The number of hydrogen-bond donors (Lipinski definition) is 0. The molecule has 28 heavy (non-hydrogen) atoms. The first-order chi connectivity index (χ1) is 13.6. The van der Waals surface area contributed by atoms with Gasteiger partial charge in [-0.05, 0) is 62.1 Å². The van der Waals surface area contributed by atoms with E-state index < -0.39 is 0 Å². The van der Waals surface area contributed by atoms with Gasteiger partial charge in [-0.25, -0.2) is 0 Å². The van der Waals surface area contributed by atoms with Crippen LogP contribution in [-0.2, 0) is 9.53 Å². The first-order valence-corrected chi connectivity index (χ1v) is 10.3. The number of carbonyl (C=O) groups is 2. The van der Waals surface area contributed by atoms with Crippen LogP contribution in [0.2, 0.25) is 0 Å². The third kappa shape index (κ3) is 4.83. The van der Waals surface area contributed by atoms with Crippen LogP contribution in [0.15, 0.2) is 48.8 Å². The van der Waals surface area contributed by atoms with Crippen LogP contribution < -0.4 is 0 Å². The van der Waals surface area contributed by atoms with Crippen molar-refractivity contribution in [3.8, 4) is 5.69 Å². The Morgan fingerprint density at radius 3 is 2.43 bits per heavy atom. The molecule has 0 saturated heterocycles. The lowest BCUT2D eigenvalue weighted by Gasteiger charge is -2.38. The fraction of sp³-hybridized carbons (Fsp3) is 0.478. The normalized spacial score (nSPS) is 19.2. The predicted octanol–water partition coefficient (Wildman–Crippen LogP) is 4.45. The molecule has 1 aliphatic carbocycles. The van der Waals surface area contributed by atoms with Gasteiger partial charge in [0, 0.05) is 36.2 Å². The second kappa shape index (κ2) is 9.58. The van der Waals surface area contributed by atoms with E-state index in [-0.39, 0.29) is 24.3 Å². The van der Waals surface area contributed by atoms with Gasteiger partial charge in [-0.1, -0.05) is 19.8 Å². The van der Waals surface area contributed by atoms with E-state index in [1.54, 1.807) is 6.92 Å². The van der Waals surface area contributed by atoms with E-state index >= 15 is 0 Å². The van der Waals surface area contributed by atoms with E-state index in [1.165, 1.54) is 6.42 Å². The quantitative estimate of drug-likeness (QED) is 0.665. The van der Waals surface area contributed by atoms with Crippen molar-refractivity contribution < 1.29 is 14.3 Å². The molecule has 1 aliphatic rings. The van der Waals surface area contributed by atoms with Crippen molar-refractivity contribution in [1.29, 1.82) is 0 Å². The maximum Gasteiger partial charge on any atom is 0.307 e. The van der Waals surface area contributed by atoms with Gasteiger partial charge in [0.05, 0.1) is 13.0 Å². The van der Waals surface area contributed by atoms with Gasteiger partial charge in [0.2, 0.25) is 0 Å². The number of rotatable bonds is 7. The Balaban J connectivity index is 1.77. The summed E-state index contributed by atoms with van der Waals surface area (Å²) in [5, 5.41) is 0.